The molecule has 0 unspecified atom stereocenters. The Balaban J connectivity index is 1.61. The number of aryl methyl sites for hydroxylation is 1. The zero-order chi connectivity index (χ0) is 21.4. The molecule has 4 rings (SSSR count). The number of amides is 1. The Morgan fingerprint density at radius 2 is 2.00 bits per heavy atom. The fourth-order valence-electron chi connectivity index (χ4n) is 3.05. The van der Waals surface area contributed by atoms with Gasteiger partial charge in [0.1, 0.15) is 11.5 Å². The molecule has 1 amide bonds. The minimum atomic E-state index is -0.438. The van der Waals surface area contributed by atoms with Crippen molar-refractivity contribution >= 4 is 63.3 Å². The highest BCUT2D eigenvalue weighted by atomic mass is 35.5. The van der Waals surface area contributed by atoms with Gasteiger partial charge >= 0.3 is 0 Å². The average Bonchev–Trinajstić information content (AvgIpc) is 3.26. The Bertz CT molecular complexity index is 1240. The van der Waals surface area contributed by atoms with Crippen LogP contribution in [0.1, 0.15) is 11.3 Å². The van der Waals surface area contributed by atoms with Crippen LogP contribution in [0, 0.1) is 17.0 Å². The number of carbonyl (C=O) groups excluding carboxylic acids is 1. The van der Waals surface area contributed by atoms with E-state index in [2.05, 4.69) is 0 Å². The number of anilines is 1. The number of hydrogen-bond donors (Lipinski definition) is 0. The zero-order valence-corrected chi connectivity index (χ0v) is 17.9. The Hall–Kier alpha value is -2.94. The van der Waals surface area contributed by atoms with Gasteiger partial charge in [-0.2, -0.15) is 0 Å². The van der Waals surface area contributed by atoms with Gasteiger partial charge in [0.2, 0.25) is 0 Å². The van der Waals surface area contributed by atoms with E-state index >= 15 is 0 Å². The van der Waals surface area contributed by atoms with Crippen LogP contribution in [0.5, 0.6) is 0 Å². The normalized spacial score (nSPS) is 15.3. The summed E-state index contributed by atoms with van der Waals surface area (Å²) >= 11 is 12.6. The first-order chi connectivity index (χ1) is 14.3. The Morgan fingerprint density at radius 3 is 2.70 bits per heavy atom. The van der Waals surface area contributed by atoms with E-state index in [1.54, 1.807) is 55.5 Å². The van der Waals surface area contributed by atoms with Gasteiger partial charge in [-0.05, 0) is 48.9 Å². The quantitative estimate of drug-likeness (QED) is 0.201. The minimum absolute atomic E-state index is 0.0210. The second-order valence-electron chi connectivity index (χ2n) is 6.46. The fourth-order valence-corrected chi connectivity index (χ4v) is 4.51. The van der Waals surface area contributed by atoms with Gasteiger partial charge in [-0.1, -0.05) is 41.6 Å². The fraction of sp³-hybridized carbons (Fsp3) is 0.0476. The largest absolute Gasteiger partial charge is 0.457 e. The zero-order valence-electron chi connectivity index (χ0n) is 15.5. The second-order valence-corrected chi connectivity index (χ2v) is 8.57. The molecule has 0 bridgehead atoms. The Labute approximate surface area is 186 Å². The third-order valence-electron chi connectivity index (χ3n) is 4.45. The molecule has 1 fully saturated rings. The molecule has 30 heavy (non-hydrogen) atoms. The summed E-state index contributed by atoms with van der Waals surface area (Å²) in [5.74, 6) is 0.782. The van der Waals surface area contributed by atoms with Crippen molar-refractivity contribution in [3.63, 3.8) is 0 Å². The van der Waals surface area contributed by atoms with Crippen LogP contribution in [0.4, 0.5) is 11.4 Å². The van der Waals surface area contributed by atoms with Crippen LogP contribution in [0.2, 0.25) is 5.02 Å². The van der Waals surface area contributed by atoms with Crippen molar-refractivity contribution < 1.29 is 14.1 Å². The number of halogens is 1. The molecule has 0 saturated carbocycles. The number of furan rings is 1. The summed E-state index contributed by atoms with van der Waals surface area (Å²) in [7, 11) is 0. The average molecular weight is 457 g/mol. The molecule has 6 nitrogen and oxygen atoms in total. The van der Waals surface area contributed by atoms with E-state index < -0.39 is 4.92 Å². The predicted molar refractivity (Wildman–Crippen MR) is 123 cm³/mol. The Morgan fingerprint density at radius 1 is 1.20 bits per heavy atom. The van der Waals surface area contributed by atoms with Gasteiger partial charge < -0.3 is 4.42 Å². The minimum Gasteiger partial charge on any atom is -0.457 e. The first-order valence-corrected chi connectivity index (χ1v) is 10.3. The van der Waals surface area contributed by atoms with E-state index in [-0.39, 0.29) is 11.6 Å². The number of hydrogen-bond acceptors (Lipinski definition) is 6. The molecule has 9 heteroatoms. The number of carbonyl (C=O) groups is 1. The van der Waals surface area contributed by atoms with E-state index in [1.807, 2.05) is 0 Å². The number of nitro groups is 1. The number of nitro benzene ring substituents is 1. The van der Waals surface area contributed by atoms with E-state index in [9.17, 15) is 14.9 Å². The van der Waals surface area contributed by atoms with Crippen molar-refractivity contribution in [1.29, 1.82) is 0 Å². The van der Waals surface area contributed by atoms with E-state index in [0.29, 0.717) is 31.5 Å². The van der Waals surface area contributed by atoms with Gasteiger partial charge in [0.05, 0.1) is 15.5 Å². The summed E-state index contributed by atoms with van der Waals surface area (Å²) < 4.78 is 6.27. The number of thiocarbonyl (C=S) groups is 1. The SMILES string of the molecule is Cc1cc([N+](=O)[O-])ccc1-c1ccc(C=C2SC(=S)N(c3cccc(Cl)c3)C2=O)o1. The molecule has 0 radical (unpaired) electrons. The number of thioether (sulfide) groups is 1. The lowest BCUT2D eigenvalue weighted by Crippen LogP contribution is -2.27. The number of rotatable bonds is 4. The molecule has 1 saturated heterocycles. The number of benzene rings is 2. The van der Waals surface area contributed by atoms with Crippen LogP contribution in [-0.4, -0.2) is 15.2 Å². The highest BCUT2D eigenvalue weighted by molar-refractivity contribution is 8.27. The maximum atomic E-state index is 12.9. The van der Waals surface area contributed by atoms with E-state index in [4.69, 9.17) is 28.2 Å². The van der Waals surface area contributed by atoms with Crippen LogP contribution in [0.3, 0.4) is 0 Å². The maximum Gasteiger partial charge on any atom is 0.270 e. The van der Waals surface area contributed by atoms with Crippen molar-refractivity contribution in [3.05, 3.63) is 86.0 Å². The van der Waals surface area contributed by atoms with Crippen LogP contribution < -0.4 is 4.90 Å². The van der Waals surface area contributed by atoms with Crippen molar-refractivity contribution in [3.8, 4) is 11.3 Å². The lowest BCUT2D eigenvalue weighted by molar-refractivity contribution is -0.384. The summed E-state index contributed by atoms with van der Waals surface area (Å²) in [4.78, 5) is 25.2. The number of nitrogens with zero attached hydrogens (tertiary/aromatic N) is 2. The molecule has 1 aromatic heterocycles. The summed E-state index contributed by atoms with van der Waals surface area (Å²) in [6, 6.07) is 15.0. The molecule has 1 aliphatic rings. The molecular weight excluding hydrogens is 444 g/mol. The monoisotopic (exact) mass is 456 g/mol. The molecule has 0 aliphatic carbocycles. The highest BCUT2D eigenvalue weighted by Crippen LogP contribution is 2.37. The molecule has 150 valence electrons. The smallest absolute Gasteiger partial charge is 0.270 e. The molecule has 0 N–H and O–H groups in total. The first-order valence-electron chi connectivity index (χ1n) is 8.72. The summed E-state index contributed by atoms with van der Waals surface area (Å²) in [6.45, 7) is 1.78. The molecule has 0 atom stereocenters. The standard InChI is InChI=1S/C21H13ClN2O4S2/c1-12-9-15(24(26)27)5-7-17(12)18-8-6-16(28-18)11-19-20(25)23(21(29)30-19)14-4-2-3-13(22)10-14/h2-11H,1H3. The van der Waals surface area contributed by atoms with Gasteiger partial charge in [0, 0.05) is 28.8 Å². The highest BCUT2D eigenvalue weighted by Gasteiger charge is 2.33. The van der Waals surface area contributed by atoms with Crippen LogP contribution in [-0.2, 0) is 4.79 Å². The summed E-state index contributed by atoms with van der Waals surface area (Å²) in [6.07, 6.45) is 1.63. The van der Waals surface area contributed by atoms with Crippen molar-refractivity contribution in [2.75, 3.05) is 4.90 Å². The third-order valence-corrected chi connectivity index (χ3v) is 5.98. The van der Waals surface area contributed by atoms with Gasteiger partial charge in [-0.3, -0.25) is 19.8 Å². The number of non-ortho nitro benzene ring substituents is 1. The van der Waals surface area contributed by atoms with E-state index in [1.165, 1.54) is 28.8 Å². The Kier molecular flexibility index (Phi) is 5.46. The van der Waals surface area contributed by atoms with Gasteiger partial charge in [0.15, 0.2) is 4.32 Å². The van der Waals surface area contributed by atoms with Crippen molar-refractivity contribution in [2.45, 2.75) is 6.92 Å². The molecule has 2 heterocycles. The topological polar surface area (TPSA) is 76.6 Å². The first kappa shape index (κ1) is 20.3. The van der Waals surface area contributed by atoms with Crippen molar-refractivity contribution in [2.24, 2.45) is 0 Å². The molecule has 2 aromatic carbocycles. The van der Waals surface area contributed by atoms with Gasteiger partial charge in [-0.15, -0.1) is 0 Å². The molecule has 3 aromatic rings. The molecular formula is C21H13ClN2O4S2. The summed E-state index contributed by atoms with van der Waals surface area (Å²) in [5.41, 5.74) is 2.09. The van der Waals surface area contributed by atoms with Crippen molar-refractivity contribution in [1.82, 2.24) is 0 Å². The van der Waals surface area contributed by atoms with E-state index in [0.717, 1.165) is 11.1 Å². The van der Waals surface area contributed by atoms with Crippen LogP contribution >= 0.6 is 35.6 Å². The lowest BCUT2D eigenvalue weighted by atomic mass is 10.1. The maximum absolute atomic E-state index is 12.9. The van der Waals surface area contributed by atoms with Crippen LogP contribution in [0.15, 0.2) is 63.9 Å². The lowest BCUT2D eigenvalue weighted by Gasteiger charge is -2.14. The van der Waals surface area contributed by atoms with Crippen LogP contribution in [0.25, 0.3) is 17.4 Å². The molecule has 0 spiro atoms. The summed E-state index contributed by atoms with van der Waals surface area (Å²) in [5, 5.41) is 11.4. The van der Waals surface area contributed by atoms with Gasteiger partial charge in [0.25, 0.3) is 11.6 Å². The molecule has 1 aliphatic heterocycles. The van der Waals surface area contributed by atoms with Gasteiger partial charge in [-0.25, -0.2) is 0 Å². The second kappa shape index (κ2) is 8.06. The third kappa shape index (κ3) is 3.89. The predicted octanol–water partition coefficient (Wildman–Crippen LogP) is 6.22.